The van der Waals surface area contributed by atoms with Gasteiger partial charge in [0, 0.05) is 24.5 Å². The fraction of sp³-hybridized carbons (Fsp3) is 0.500. The maximum atomic E-state index is 5.47. The molecule has 0 radical (unpaired) electrons. The number of methoxy groups -OCH3 is 2. The summed E-state index contributed by atoms with van der Waals surface area (Å²) in [7, 11) is 3.35. The number of aliphatic imine (C=N–C) groups is 1. The molecule has 0 fully saturated rings. The molecule has 0 saturated carbocycles. The van der Waals surface area contributed by atoms with Crippen molar-refractivity contribution < 1.29 is 9.47 Å². The Morgan fingerprint density at radius 1 is 1.22 bits per heavy atom. The molecule has 1 aromatic heterocycles. The average Bonchev–Trinajstić information content (AvgIpc) is 3.01. The van der Waals surface area contributed by atoms with E-state index in [0.717, 1.165) is 54.2 Å². The van der Waals surface area contributed by atoms with Crippen molar-refractivity contribution in [3.63, 3.8) is 0 Å². The van der Waals surface area contributed by atoms with Crippen LogP contribution in [0, 0.1) is 13.8 Å². The zero-order valence-corrected chi connectivity index (χ0v) is 17.6. The van der Waals surface area contributed by atoms with E-state index < -0.39 is 0 Å². The van der Waals surface area contributed by atoms with Crippen LogP contribution in [0.4, 0.5) is 0 Å². The van der Waals surface area contributed by atoms with Gasteiger partial charge in [-0.05, 0) is 50.5 Å². The van der Waals surface area contributed by atoms with E-state index in [9.17, 15) is 0 Å². The summed E-state index contributed by atoms with van der Waals surface area (Å²) in [6.45, 7) is 9.42. The molecule has 0 unspecified atom stereocenters. The second kappa shape index (κ2) is 8.61. The summed E-state index contributed by atoms with van der Waals surface area (Å²) in [5.74, 6) is 2.50. The molecule has 0 saturated heterocycles. The molecule has 27 heavy (non-hydrogen) atoms. The number of thiazole rings is 1. The Kier molecular flexibility index (Phi) is 6.21. The monoisotopic (exact) mass is 388 g/mol. The van der Waals surface area contributed by atoms with E-state index in [-0.39, 0.29) is 0 Å². The zero-order chi connectivity index (χ0) is 19.4. The van der Waals surface area contributed by atoms with Gasteiger partial charge in [-0.15, -0.1) is 11.3 Å². The van der Waals surface area contributed by atoms with Gasteiger partial charge in [-0.25, -0.2) is 9.98 Å². The largest absolute Gasteiger partial charge is 0.493 e. The zero-order valence-electron chi connectivity index (χ0n) is 16.8. The van der Waals surface area contributed by atoms with Gasteiger partial charge in [0.1, 0.15) is 5.01 Å². The number of hydrogen-bond donors (Lipinski definition) is 1. The highest BCUT2D eigenvalue weighted by molar-refractivity contribution is 7.11. The topological polar surface area (TPSA) is 59.0 Å². The van der Waals surface area contributed by atoms with Crippen LogP contribution in [0.2, 0.25) is 0 Å². The molecule has 0 amide bonds. The molecule has 0 atom stereocenters. The molecule has 0 spiro atoms. The number of aryl methyl sites for hydroxylation is 2. The lowest BCUT2D eigenvalue weighted by Gasteiger charge is -2.32. The van der Waals surface area contributed by atoms with Crippen molar-refractivity contribution >= 4 is 17.3 Å². The molecule has 2 heterocycles. The van der Waals surface area contributed by atoms with Gasteiger partial charge in [-0.2, -0.15) is 0 Å². The Balaban J connectivity index is 1.80. The predicted octanol–water partition coefficient (Wildman–Crippen LogP) is 3.30. The number of rotatable bonds is 5. The number of nitrogens with one attached hydrogen (secondary N) is 1. The van der Waals surface area contributed by atoms with Crippen LogP contribution in [0.1, 0.15) is 33.6 Å². The van der Waals surface area contributed by atoms with E-state index >= 15 is 0 Å². The van der Waals surface area contributed by atoms with Crippen LogP contribution < -0.4 is 14.8 Å². The van der Waals surface area contributed by atoms with Crippen molar-refractivity contribution in [2.75, 3.05) is 27.3 Å². The third kappa shape index (κ3) is 4.35. The van der Waals surface area contributed by atoms with Gasteiger partial charge < -0.3 is 19.7 Å². The van der Waals surface area contributed by atoms with Gasteiger partial charge >= 0.3 is 0 Å². The number of aromatic nitrogens is 1. The first-order valence-corrected chi connectivity index (χ1v) is 10.1. The summed E-state index contributed by atoms with van der Waals surface area (Å²) < 4.78 is 10.9. The van der Waals surface area contributed by atoms with Gasteiger partial charge in [0.25, 0.3) is 0 Å². The molecular weight excluding hydrogens is 360 g/mol. The first kappa shape index (κ1) is 19.5. The second-order valence-electron chi connectivity index (χ2n) is 6.57. The lowest BCUT2D eigenvalue weighted by molar-refractivity contribution is 0.346. The number of guanidine groups is 1. The van der Waals surface area contributed by atoms with Crippen molar-refractivity contribution in [2.45, 2.75) is 40.3 Å². The third-order valence-electron chi connectivity index (χ3n) is 4.79. The van der Waals surface area contributed by atoms with E-state index in [2.05, 4.69) is 41.2 Å². The van der Waals surface area contributed by atoms with Crippen molar-refractivity contribution in [3.05, 3.63) is 38.8 Å². The van der Waals surface area contributed by atoms with Crippen LogP contribution in [0.25, 0.3) is 0 Å². The fourth-order valence-electron chi connectivity index (χ4n) is 3.24. The maximum absolute atomic E-state index is 5.47. The van der Waals surface area contributed by atoms with Gasteiger partial charge in [-0.1, -0.05) is 0 Å². The Morgan fingerprint density at radius 3 is 2.52 bits per heavy atom. The molecule has 6 nitrogen and oxygen atoms in total. The fourth-order valence-corrected chi connectivity index (χ4v) is 4.10. The normalized spacial score (nSPS) is 14.1. The number of benzene rings is 1. The Hall–Kier alpha value is -2.28. The predicted molar refractivity (Wildman–Crippen MR) is 110 cm³/mol. The van der Waals surface area contributed by atoms with Crippen LogP contribution >= 0.6 is 11.3 Å². The molecule has 1 N–H and O–H groups in total. The maximum Gasteiger partial charge on any atom is 0.194 e. The van der Waals surface area contributed by atoms with E-state index in [4.69, 9.17) is 14.5 Å². The minimum Gasteiger partial charge on any atom is -0.493 e. The molecule has 146 valence electrons. The first-order chi connectivity index (χ1) is 13.0. The lowest BCUT2D eigenvalue weighted by Crippen LogP contribution is -2.44. The molecular formula is C20H28N4O2S. The molecule has 0 bridgehead atoms. The second-order valence-corrected chi connectivity index (χ2v) is 7.85. The third-order valence-corrected chi connectivity index (χ3v) is 5.85. The van der Waals surface area contributed by atoms with Crippen LogP contribution in [0.3, 0.4) is 0 Å². The van der Waals surface area contributed by atoms with Crippen LogP contribution in [0.15, 0.2) is 17.1 Å². The highest BCUT2D eigenvalue weighted by atomic mass is 32.1. The van der Waals surface area contributed by atoms with E-state index in [1.54, 1.807) is 25.6 Å². The van der Waals surface area contributed by atoms with Crippen molar-refractivity contribution in [1.29, 1.82) is 0 Å². The molecule has 7 heteroatoms. The van der Waals surface area contributed by atoms with Crippen LogP contribution in [-0.2, 0) is 19.5 Å². The highest BCUT2D eigenvalue weighted by Crippen LogP contribution is 2.33. The molecule has 1 aliphatic heterocycles. The lowest BCUT2D eigenvalue weighted by atomic mass is 9.99. The number of nitrogens with zero attached hydrogens (tertiary/aromatic N) is 3. The van der Waals surface area contributed by atoms with Crippen molar-refractivity contribution in [1.82, 2.24) is 15.2 Å². The van der Waals surface area contributed by atoms with Crippen LogP contribution in [-0.4, -0.2) is 43.2 Å². The first-order valence-electron chi connectivity index (χ1n) is 9.25. The number of ether oxygens (including phenoxy) is 2. The Labute approximate surface area is 165 Å². The minimum absolute atomic E-state index is 0.608. The van der Waals surface area contributed by atoms with Crippen LogP contribution in [0.5, 0.6) is 11.5 Å². The summed E-state index contributed by atoms with van der Waals surface area (Å²) >= 11 is 1.72. The van der Waals surface area contributed by atoms with E-state index in [1.807, 2.05) is 6.92 Å². The van der Waals surface area contributed by atoms with E-state index in [1.165, 1.54) is 16.0 Å². The van der Waals surface area contributed by atoms with E-state index in [0.29, 0.717) is 6.54 Å². The average molecular weight is 389 g/mol. The Morgan fingerprint density at radius 2 is 1.93 bits per heavy atom. The summed E-state index contributed by atoms with van der Waals surface area (Å²) in [5.41, 5.74) is 3.67. The molecule has 2 aromatic rings. The van der Waals surface area contributed by atoms with Gasteiger partial charge in [-0.3, -0.25) is 0 Å². The SMILES string of the molecule is CCNC(=NCc1nc(C)c(C)s1)N1CCc2cc(OC)c(OC)cc2C1. The minimum atomic E-state index is 0.608. The Bertz CT molecular complexity index is 812. The molecule has 0 aliphatic carbocycles. The summed E-state index contributed by atoms with van der Waals surface area (Å²) in [4.78, 5) is 13.0. The van der Waals surface area contributed by atoms with Gasteiger partial charge in [0.05, 0.1) is 26.5 Å². The smallest absolute Gasteiger partial charge is 0.194 e. The quantitative estimate of drug-likeness (QED) is 0.629. The van der Waals surface area contributed by atoms with Gasteiger partial charge in [0.2, 0.25) is 0 Å². The molecule has 3 rings (SSSR count). The summed E-state index contributed by atoms with van der Waals surface area (Å²) in [6.07, 6.45) is 0.954. The number of hydrogen-bond acceptors (Lipinski definition) is 5. The summed E-state index contributed by atoms with van der Waals surface area (Å²) in [6, 6.07) is 4.17. The van der Waals surface area contributed by atoms with Gasteiger partial charge in [0.15, 0.2) is 17.5 Å². The molecule has 1 aromatic carbocycles. The molecule has 1 aliphatic rings. The summed E-state index contributed by atoms with van der Waals surface area (Å²) in [5, 5.41) is 4.48. The number of fused-ring (bicyclic) bond motifs is 1. The van der Waals surface area contributed by atoms with Crippen molar-refractivity contribution in [3.8, 4) is 11.5 Å². The highest BCUT2D eigenvalue weighted by Gasteiger charge is 2.21. The standard InChI is InChI=1S/C20H28N4O2S/c1-6-21-20(22-11-19-23-13(2)14(3)27-19)24-8-7-15-9-17(25-4)18(26-5)10-16(15)12-24/h9-10H,6-8,11-12H2,1-5H3,(H,21,22). The van der Waals surface area contributed by atoms with Crippen molar-refractivity contribution in [2.24, 2.45) is 4.99 Å².